The van der Waals surface area contributed by atoms with Gasteiger partial charge < -0.3 is 4.90 Å². The Kier molecular flexibility index (Phi) is 4.63. The van der Waals surface area contributed by atoms with E-state index < -0.39 is 0 Å². The van der Waals surface area contributed by atoms with Crippen molar-refractivity contribution >= 4 is 32.7 Å². The summed E-state index contributed by atoms with van der Waals surface area (Å²) in [6, 6.07) is 6.08. The Morgan fingerprint density at radius 2 is 2.14 bits per heavy atom. The first-order chi connectivity index (χ1) is 14.2. The largest absolute Gasteiger partial charge is 0.332 e. The van der Waals surface area contributed by atoms with Gasteiger partial charge >= 0.3 is 0 Å². The van der Waals surface area contributed by atoms with Crippen molar-refractivity contribution < 1.29 is 0 Å². The molecule has 0 bridgehead atoms. The van der Waals surface area contributed by atoms with E-state index in [1.165, 1.54) is 0 Å². The van der Waals surface area contributed by atoms with Gasteiger partial charge in [0.1, 0.15) is 11.5 Å². The van der Waals surface area contributed by atoms with Crippen LogP contribution in [0.4, 0.5) is 5.82 Å². The highest BCUT2D eigenvalue weighted by Gasteiger charge is 2.17. The molecule has 146 valence electrons. The summed E-state index contributed by atoms with van der Waals surface area (Å²) in [5.74, 6) is 0.910. The molecule has 0 saturated heterocycles. The number of fused-ring (bicyclic) bond motifs is 1. The first kappa shape index (κ1) is 18.1. The molecule has 7 nitrogen and oxygen atoms in total. The zero-order valence-electron chi connectivity index (χ0n) is 16.0. The summed E-state index contributed by atoms with van der Waals surface area (Å²) < 4.78 is 2.87. The van der Waals surface area contributed by atoms with E-state index in [1.54, 1.807) is 0 Å². The van der Waals surface area contributed by atoms with Gasteiger partial charge in [-0.05, 0) is 53.9 Å². The van der Waals surface area contributed by atoms with E-state index in [0.29, 0.717) is 0 Å². The van der Waals surface area contributed by atoms with Gasteiger partial charge in [0.2, 0.25) is 0 Å². The quantitative estimate of drug-likeness (QED) is 0.485. The third-order valence-electron chi connectivity index (χ3n) is 5.10. The lowest BCUT2D eigenvalue weighted by Crippen LogP contribution is -2.21. The maximum Gasteiger partial charge on any atom is 0.147 e. The topological polar surface area (TPSA) is 75.5 Å². The molecule has 1 N–H and O–H groups in total. The van der Waals surface area contributed by atoms with Gasteiger partial charge in [0.15, 0.2) is 0 Å². The molecule has 0 fully saturated rings. The van der Waals surface area contributed by atoms with Crippen LogP contribution in [-0.2, 0) is 6.54 Å². The Morgan fingerprint density at radius 1 is 1.21 bits per heavy atom. The van der Waals surface area contributed by atoms with Gasteiger partial charge in [-0.2, -0.15) is 10.2 Å². The van der Waals surface area contributed by atoms with Crippen molar-refractivity contribution in [2.45, 2.75) is 26.3 Å². The third kappa shape index (κ3) is 3.33. The number of anilines is 1. The van der Waals surface area contributed by atoms with Crippen molar-refractivity contribution in [3.8, 4) is 22.6 Å². The van der Waals surface area contributed by atoms with E-state index in [1.807, 2.05) is 35.4 Å². The number of nitrogens with zero attached hydrogens (tertiary/aromatic N) is 6. The molecular formula is C21H20BrN7. The van der Waals surface area contributed by atoms with Crippen molar-refractivity contribution in [3.63, 3.8) is 0 Å². The van der Waals surface area contributed by atoms with Crippen LogP contribution in [0.3, 0.4) is 0 Å². The van der Waals surface area contributed by atoms with Crippen molar-refractivity contribution in [2.75, 3.05) is 11.4 Å². The lowest BCUT2D eigenvalue weighted by molar-refractivity contribution is 0.660. The summed E-state index contributed by atoms with van der Waals surface area (Å²) in [5.41, 5.74) is 4.40. The van der Waals surface area contributed by atoms with Crippen molar-refractivity contribution in [2.24, 2.45) is 0 Å². The van der Waals surface area contributed by atoms with Gasteiger partial charge in [-0.1, -0.05) is 6.08 Å². The molecule has 5 rings (SSSR count). The van der Waals surface area contributed by atoms with Gasteiger partial charge in [-0.3, -0.25) is 14.8 Å². The van der Waals surface area contributed by atoms with Gasteiger partial charge in [0.05, 0.1) is 33.8 Å². The Hall–Kier alpha value is -3.00. The number of halogens is 1. The molecule has 0 atom stereocenters. The molecule has 0 amide bonds. The minimum absolute atomic E-state index is 0.821. The van der Waals surface area contributed by atoms with Gasteiger partial charge in [-0.15, -0.1) is 0 Å². The van der Waals surface area contributed by atoms with Crippen LogP contribution in [0, 0.1) is 0 Å². The number of rotatable bonds is 4. The molecule has 1 aliphatic heterocycles. The molecule has 1 aliphatic rings. The number of aryl methyl sites for hydroxylation is 1. The predicted molar refractivity (Wildman–Crippen MR) is 117 cm³/mol. The molecular weight excluding hydrogens is 430 g/mol. The second kappa shape index (κ2) is 7.44. The predicted octanol–water partition coefficient (Wildman–Crippen LogP) is 4.78. The first-order valence-corrected chi connectivity index (χ1v) is 10.5. The smallest absolute Gasteiger partial charge is 0.147 e. The Balaban J connectivity index is 1.59. The van der Waals surface area contributed by atoms with Crippen LogP contribution < -0.4 is 4.90 Å². The fourth-order valence-corrected chi connectivity index (χ4v) is 3.98. The zero-order chi connectivity index (χ0) is 19.8. The fourth-order valence-electron chi connectivity index (χ4n) is 3.54. The SMILES string of the molecule is CCn1cc(-c2cc3c(-c4ccc(Br)c(N5C=CCCC5)n4)n[nH]c3cn2)cn1. The molecule has 0 spiro atoms. The Bertz CT molecular complexity index is 1210. The summed E-state index contributed by atoms with van der Waals surface area (Å²) in [7, 11) is 0. The number of nitrogens with one attached hydrogen (secondary N) is 1. The number of aromatic amines is 1. The van der Waals surface area contributed by atoms with Crippen LogP contribution in [-0.4, -0.2) is 36.5 Å². The average molecular weight is 450 g/mol. The highest BCUT2D eigenvalue weighted by molar-refractivity contribution is 9.10. The van der Waals surface area contributed by atoms with E-state index in [4.69, 9.17) is 4.98 Å². The second-order valence-corrected chi connectivity index (χ2v) is 7.85. The number of pyridine rings is 2. The third-order valence-corrected chi connectivity index (χ3v) is 5.72. The summed E-state index contributed by atoms with van der Waals surface area (Å²) in [5, 5.41) is 13.0. The van der Waals surface area contributed by atoms with Crippen LogP contribution in [0.1, 0.15) is 19.8 Å². The number of aromatic nitrogens is 6. The highest BCUT2D eigenvalue weighted by atomic mass is 79.9. The standard InChI is InChI=1S/C21H20BrN7/c1-2-29-13-14(11-24-29)18-10-15-19(12-23-18)26-27-20(15)17-7-6-16(22)21(25-17)28-8-4-3-5-9-28/h4,6-8,10-13H,2-3,5,9H2,1H3,(H,26,27). The Labute approximate surface area is 176 Å². The van der Waals surface area contributed by atoms with E-state index in [0.717, 1.165) is 69.8 Å². The van der Waals surface area contributed by atoms with Crippen molar-refractivity contribution in [1.82, 2.24) is 29.9 Å². The summed E-state index contributed by atoms with van der Waals surface area (Å²) >= 11 is 3.64. The van der Waals surface area contributed by atoms with Crippen LogP contribution in [0.2, 0.25) is 0 Å². The van der Waals surface area contributed by atoms with Gasteiger partial charge in [-0.25, -0.2) is 4.98 Å². The molecule has 0 radical (unpaired) electrons. The fraction of sp³-hybridized carbons (Fsp3) is 0.238. The van der Waals surface area contributed by atoms with Crippen molar-refractivity contribution in [1.29, 1.82) is 0 Å². The van der Waals surface area contributed by atoms with E-state index >= 15 is 0 Å². The Morgan fingerprint density at radius 3 is 2.93 bits per heavy atom. The van der Waals surface area contributed by atoms with Crippen molar-refractivity contribution in [3.05, 3.63) is 53.5 Å². The summed E-state index contributed by atoms with van der Waals surface area (Å²) in [6.45, 7) is 3.86. The maximum absolute atomic E-state index is 4.92. The maximum atomic E-state index is 4.92. The molecule has 8 heteroatoms. The number of H-pyrrole nitrogens is 1. The van der Waals surface area contributed by atoms with Crippen LogP contribution in [0.25, 0.3) is 33.5 Å². The molecule has 0 unspecified atom stereocenters. The zero-order valence-corrected chi connectivity index (χ0v) is 17.6. The monoisotopic (exact) mass is 449 g/mol. The van der Waals surface area contributed by atoms with Crippen LogP contribution >= 0.6 is 15.9 Å². The molecule has 5 heterocycles. The molecule has 0 saturated carbocycles. The minimum atomic E-state index is 0.821. The lowest BCUT2D eigenvalue weighted by atomic mass is 10.1. The number of allylic oxidation sites excluding steroid dienone is 1. The summed E-state index contributed by atoms with van der Waals surface area (Å²) in [6.07, 6.45) is 12.2. The normalized spacial score (nSPS) is 14.1. The number of hydrogen-bond acceptors (Lipinski definition) is 5. The molecule has 4 aromatic rings. The molecule has 0 aromatic carbocycles. The highest BCUT2D eigenvalue weighted by Crippen LogP contribution is 2.32. The van der Waals surface area contributed by atoms with Crippen LogP contribution in [0.5, 0.6) is 0 Å². The average Bonchev–Trinajstić information content (AvgIpc) is 3.41. The van der Waals surface area contributed by atoms with E-state index in [-0.39, 0.29) is 0 Å². The van der Waals surface area contributed by atoms with E-state index in [2.05, 4.69) is 66.4 Å². The minimum Gasteiger partial charge on any atom is -0.332 e. The van der Waals surface area contributed by atoms with Gasteiger partial charge in [0.25, 0.3) is 0 Å². The lowest BCUT2D eigenvalue weighted by Gasteiger charge is -2.23. The van der Waals surface area contributed by atoms with Gasteiger partial charge in [0, 0.05) is 36.4 Å². The molecule has 29 heavy (non-hydrogen) atoms. The van der Waals surface area contributed by atoms with E-state index in [9.17, 15) is 0 Å². The van der Waals surface area contributed by atoms with Crippen LogP contribution in [0.15, 0.2) is 53.5 Å². The first-order valence-electron chi connectivity index (χ1n) is 9.70. The second-order valence-electron chi connectivity index (χ2n) is 6.99. The number of hydrogen-bond donors (Lipinski definition) is 1. The molecule has 0 aliphatic carbocycles. The molecule has 4 aromatic heterocycles. The summed E-state index contributed by atoms with van der Waals surface area (Å²) in [4.78, 5) is 11.7.